The number of nitrogens with two attached hydrogens (primary N) is 1. The summed E-state index contributed by atoms with van der Waals surface area (Å²) in [4.78, 5) is 24.7. The van der Waals surface area contributed by atoms with Gasteiger partial charge in [-0.15, -0.1) is 0 Å². The van der Waals surface area contributed by atoms with Crippen molar-refractivity contribution < 1.29 is 14.7 Å². The number of hydrogen-bond acceptors (Lipinski definition) is 3. The second-order valence-electron chi connectivity index (χ2n) is 4.15. The number of amides is 1. The van der Waals surface area contributed by atoms with Crippen LogP contribution < -0.4 is 5.73 Å². The molecule has 0 aromatic heterocycles. The number of aromatic carboxylic acids is 1. The van der Waals surface area contributed by atoms with E-state index >= 15 is 0 Å². The molecule has 1 saturated heterocycles. The van der Waals surface area contributed by atoms with E-state index in [9.17, 15) is 9.59 Å². The van der Waals surface area contributed by atoms with Crippen LogP contribution in [-0.2, 0) is 0 Å². The molecule has 0 aliphatic carbocycles. The summed E-state index contributed by atoms with van der Waals surface area (Å²) in [5.41, 5.74) is 6.00. The van der Waals surface area contributed by atoms with Gasteiger partial charge in [0, 0.05) is 19.1 Å². The third-order valence-corrected chi connectivity index (χ3v) is 2.90. The minimum Gasteiger partial charge on any atom is -0.478 e. The molecule has 1 aliphatic rings. The molecule has 1 heterocycles. The van der Waals surface area contributed by atoms with Crippen molar-refractivity contribution in [2.24, 2.45) is 5.73 Å². The van der Waals surface area contributed by atoms with Crippen LogP contribution in [0.2, 0.25) is 0 Å². The molecule has 0 saturated carbocycles. The summed E-state index contributed by atoms with van der Waals surface area (Å²) in [6.45, 7) is 1.08. The highest BCUT2D eigenvalue weighted by Crippen LogP contribution is 2.16. The van der Waals surface area contributed by atoms with Crippen molar-refractivity contribution in [3.63, 3.8) is 0 Å². The molecule has 1 atom stereocenters. The number of hydrogen-bond donors (Lipinski definition) is 2. The minimum absolute atomic E-state index is 0.00376. The summed E-state index contributed by atoms with van der Waals surface area (Å²) in [7, 11) is 0. The first-order valence-electron chi connectivity index (χ1n) is 5.47. The fourth-order valence-electron chi connectivity index (χ4n) is 2.00. The van der Waals surface area contributed by atoms with Gasteiger partial charge in [0.05, 0.1) is 11.1 Å². The average Bonchev–Trinajstić information content (AvgIpc) is 2.75. The van der Waals surface area contributed by atoms with E-state index in [1.807, 2.05) is 0 Å². The van der Waals surface area contributed by atoms with Crippen molar-refractivity contribution in [3.8, 4) is 0 Å². The van der Waals surface area contributed by atoms with E-state index < -0.39 is 5.97 Å². The zero-order valence-corrected chi connectivity index (χ0v) is 9.30. The third kappa shape index (κ3) is 2.29. The molecule has 5 heteroatoms. The van der Waals surface area contributed by atoms with Gasteiger partial charge < -0.3 is 15.7 Å². The van der Waals surface area contributed by atoms with Crippen LogP contribution in [0.1, 0.15) is 27.1 Å². The molecule has 1 unspecified atom stereocenters. The van der Waals surface area contributed by atoms with Crippen molar-refractivity contribution in [1.29, 1.82) is 0 Å². The predicted molar refractivity (Wildman–Crippen MR) is 61.9 cm³/mol. The number of carbonyl (C=O) groups excluding carboxylic acids is 1. The second kappa shape index (κ2) is 4.55. The standard InChI is InChI=1S/C12H14N2O3/c13-8-5-6-14(7-8)11(15)9-3-1-2-4-10(9)12(16)17/h1-4,8H,5-7,13H2,(H,16,17). The van der Waals surface area contributed by atoms with Gasteiger partial charge in [0.25, 0.3) is 5.91 Å². The van der Waals surface area contributed by atoms with Crippen molar-refractivity contribution in [3.05, 3.63) is 35.4 Å². The smallest absolute Gasteiger partial charge is 0.336 e. The lowest BCUT2D eigenvalue weighted by molar-refractivity contribution is 0.0681. The van der Waals surface area contributed by atoms with Crippen LogP contribution in [0.4, 0.5) is 0 Å². The van der Waals surface area contributed by atoms with Crippen LogP contribution in [0.25, 0.3) is 0 Å². The zero-order valence-electron chi connectivity index (χ0n) is 9.30. The number of carbonyl (C=O) groups is 2. The maximum Gasteiger partial charge on any atom is 0.336 e. The lowest BCUT2D eigenvalue weighted by Crippen LogP contribution is -2.32. The van der Waals surface area contributed by atoms with Gasteiger partial charge >= 0.3 is 5.97 Å². The molecule has 0 radical (unpaired) electrons. The van der Waals surface area contributed by atoms with Gasteiger partial charge in [0.15, 0.2) is 0 Å². The van der Waals surface area contributed by atoms with E-state index in [1.165, 1.54) is 12.1 Å². The highest BCUT2D eigenvalue weighted by Gasteiger charge is 2.26. The van der Waals surface area contributed by atoms with Gasteiger partial charge in [0.2, 0.25) is 0 Å². The molecular weight excluding hydrogens is 220 g/mol. The Morgan fingerprint density at radius 2 is 1.94 bits per heavy atom. The normalized spacial score (nSPS) is 19.4. The summed E-state index contributed by atoms with van der Waals surface area (Å²) in [5.74, 6) is -1.34. The zero-order chi connectivity index (χ0) is 12.4. The van der Waals surface area contributed by atoms with Crippen molar-refractivity contribution in [2.75, 3.05) is 13.1 Å². The Hall–Kier alpha value is -1.88. The summed E-state index contributed by atoms with van der Waals surface area (Å²) in [5, 5.41) is 9.01. The number of carboxylic acids is 1. The second-order valence-corrected chi connectivity index (χ2v) is 4.15. The van der Waals surface area contributed by atoms with E-state index in [2.05, 4.69) is 0 Å². The summed E-state index contributed by atoms with van der Waals surface area (Å²) >= 11 is 0. The Labute approximate surface area is 98.8 Å². The Morgan fingerprint density at radius 1 is 1.29 bits per heavy atom. The van der Waals surface area contributed by atoms with Crippen LogP contribution in [0.3, 0.4) is 0 Å². The molecule has 90 valence electrons. The number of rotatable bonds is 2. The molecule has 1 aliphatic heterocycles. The number of benzene rings is 1. The van der Waals surface area contributed by atoms with E-state index in [0.717, 1.165) is 6.42 Å². The Balaban J connectivity index is 2.28. The third-order valence-electron chi connectivity index (χ3n) is 2.90. The van der Waals surface area contributed by atoms with Gasteiger partial charge in [0.1, 0.15) is 0 Å². The molecule has 1 aromatic carbocycles. The molecule has 17 heavy (non-hydrogen) atoms. The SMILES string of the molecule is NC1CCN(C(=O)c2ccccc2C(=O)O)C1. The fourth-order valence-corrected chi connectivity index (χ4v) is 2.00. The first kappa shape index (κ1) is 11.6. The first-order valence-corrected chi connectivity index (χ1v) is 5.47. The highest BCUT2D eigenvalue weighted by atomic mass is 16.4. The Morgan fingerprint density at radius 3 is 2.47 bits per heavy atom. The van der Waals surface area contributed by atoms with Gasteiger partial charge in [-0.1, -0.05) is 12.1 Å². The van der Waals surface area contributed by atoms with Gasteiger partial charge in [-0.3, -0.25) is 4.79 Å². The molecule has 1 aromatic rings. The largest absolute Gasteiger partial charge is 0.478 e. The van der Waals surface area contributed by atoms with E-state index in [1.54, 1.807) is 17.0 Å². The van der Waals surface area contributed by atoms with Crippen molar-refractivity contribution in [2.45, 2.75) is 12.5 Å². The Bertz CT molecular complexity index is 459. The highest BCUT2D eigenvalue weighted by molar-refractivity contribution is 6.04. The van der Waals surface area contributed by atoms with Gasteiger partial charge in [-0.25, -0.2) is 4.79 Å². The molecular formula is C12H14N2O3. The molecule has 0 bridgehead atoms. The lowest BCUT2D eigenvalue weighted by atomic mass is 10.1. The molecule has 3 N–H and O–H groups in total. The lowest BCUT2D eigenvalue weighted by Gasteiger charge is -2.16. The van der Waals surface area contributed by atoms with E-state index in [4.69, 9.17) is 10.8 Å². The molecule has 5 nitrogen and oxygen atoms in total. The Kier molecular flexibility index (Phi) is 3.10. The number of likely N-dealkylation sites (tertiary alicyclic amines) is 1. The fraction of sp³-hybridized carbons (Fsp3) is 0.333. The number of carboxylic acid groups (broad SMARTS) is 1. The van der Waals surface area contributed by atoms with Crippen LogP contribution in [0, 0.1) is 0 Å². The topological polar surface area (TPSA) is 83.6 Å². The van der Waals surface area contributed by atoms with Gasteiger partial charge in [-0.05, 0) is 18.6 Å². The van der Waals surface area contributed by atoms with Crippen LogP contribution >= 0.6 is 0 Å². The van der Waals surface area contributed by atoms with E-state index in [0.29, 0.717) is 13.1 Å². The van der Waals surface area contributed by atoms with Crippen molar-refractivity contribution >= 4 is 11.9 Å². The maximum absolute atomic E-state index is 12.1. The molecule has 0 spiro atoms. The molecule has 1 fully saturated rings. The van der Waals surface area contributed by atoms with Crippen LogP contribution in [0.15, 0.2) is 24.3 Å². The minimum atomic E-state index is -1.09. The molecule has 1 amide bonds. The van der Waals surface area contributed by atoms with Crippen molar-refractivity contribution in [1.82, 2.24) is 4.90 Å². The molecule has 2 rings (SSSR count). The quantitative estimate of drug-likeness (QED) is 0.783. The summed E-state index contributed by atoms with van der Waals surface area (Å²) < 4.78 is 0. The number of nitrogens with zero attached hydrogens (tertiary/aromatic N) is 1. The summed E-state index contributed by atoms with van der Waals surface area (Å²) in [6, 6.07) is 6.24. The van der Waals surface area contributed by atoms with Gasteiger partial charge in [-0.2, -0.15) is 0 Å². The summed E-state index contributed by atoms with van der Waals surface area (Å²) in [6.07, 6.45) is 0.765. The van der Waals surface area contributed by atoms with Crippen LogP contribution in [0.5, 0.6) is 0 Å². The first-order chi connectivity index (χ1) is 8.09. The van der Waals surface area contributed by atoms with E-state index in [-0.39, 0.29) is 23.1 Å². The maximum atomic E-state index is 12.1. The monoisotopic (exact) mass is 234 g/mol. The van der Waals surface area contributed by atoms with Crippen LogP contribution in [-0.4, -0.2) is 41.0 Å². The predicted octanol–water partition coefficient (Wildman–Crippen LogP) is 0.558. The average molecular weight is 234 g/mol.